The fourth-order valence-corrected chi connectivity index (χ4v) is 2.79. The minimum atomic E-state index is 0.698. The van der Waals surface area contributed by atoms with Gasteiger partial charge in [0.05, 0.1) is 6.20 Å². The molecule has 1 aliphatic rings. The van der Waals surface area contributed by atoms with Gasteiger partial charge in [-0.05, 0) is 47.0 Å². The van der Waals surface area contributed by atoms with E-state index < -0.39 is 0 Å². The Labute approximate surface area is 125 Å². The van der Waals surface area contributed by atoms with E-state index in [1.165, 1.54) is 12.8 Å². The number of oxazole rings is 1. The highest BCUT2D eigenvalue weighted by Gasteiger charge is 2.20. The summed E-state index contributed by atoms with van der Waals surface area (Å²) in [5.41, 5.74) is 0.971. The smallest absolute Gasteiger partial charge is 0.196 e. The molecule has 3 rings (SSSR count). The minimum Gasteiger partial charge on any atom is -0.441 e. The summed E-state index contributed by atoms with van der Waals surface area (Å²) in [6, 6.07) is 6.35. The largest absolute Gasteiger partial charge is 0.441 e. The number of nitrogens with zero attached hydrogens (tertiary/aromatic N) is 1. The zero-order valence-electron chi connectivity index (χ0n) is 10.3. The standard InChI is InChI=1S/C14H14BrClN2O/c15-12-7-9(16)1-4-11(12)13-8-18-14(19-13)5-6-17-10-2-3-10/h1,4,7-8,10,17H,2-3,5-6H2. The molecule has 0 radical (unpaired) electrons. The van der Waals surface area contributed by atoms with Crippen molar-refractivity contribution in [2.45, 2.75) is 25.3 Å². The lowest BCUT2D eigenvalue weighted by Gasteiger charge is -2.01. The number of hydrogen-bond acceptors (Lipinski definition) is 3. The number of aromatic nitrogens is 1. The molecular weight excluding hydrogens is 328 g/mol. The van der Waals surface area contributed by atoms with Gasteiger partial charge in [-0.2, -0.15) is 0 Å². The first-order valence-electron chi connectivity index (χ1n) is 6.36. The van der Waals surface area contributed by atoms with Crippen LogP contribution < -0.4 is 5.32 Å². The molecule has 2 aromatic rings. The molecule has 5 heteroatoms. The molecule has 0 spiro atoms. The molecule has 0 unspecified atom stereocenters. The maximum Gasteiger partial charge on any atom is 0.196 e. The van der Waals surface area contributed by atoms with Crippen molar-refractivity contribution in [2.75, 3.05) is 6.54 Å². The summed E-state index contributed by atoms with van der Waals surface area (Å²) in [5, 5.41) is 4.14. The summed E-state index contributed by atoms with van der Waals surface area (Å²) < 4.78 is 6.68. The van der Waals surface area contributed by atoms with Crippen LogP contribution in [-0.2, 0) is 6.42 Å². The van der Waals surface area contributed by atoms with Gasteiger partial charge in [0.15, 0.2) is 11.7 Å². The lowest BCUT2D eigenvalue weighted by Crippen LogP contribution is -2.19. The molecule has 0 saturated heterocycles. The Morgan fingerprint density at radius 3 is 3.00 bits per heavy atom. The van der Waals surface area contributed by atoms with E-state index in [4.69, 9.17) is 16.0 Å². The molecule has 100 valence electrons. The first-order chi connectivity index (χ1) is 9.22. The first kappa shape index (κ1) is 13.2. The van der Waals surface area contributed by atoms with Crippen LogP contribution in [0.3, 0.4) is 0 Å². The van der Waals surface area contributed by atoms with Crippen LogP contribution in [0.1, 0.15) is 18.7 Å². The maximum absolute atomic E-state index is 5.93. The molecule has 19 heavy (non-hydrogen) atoms. The van der Waals surface area contributed by atoms with E-state index in [-0.39, 0.29) is 0 Å². The average molecular weight is 342 g/mol. The van der Waals surface area contributed by atoms with E-state index in [0.29, 0.717) is 5.02 Å². The summed E-state index contributed by atoms with van der Waals surface area (Å²) >= 11 is 9.42. The maximum atomic E-state index is 5.93. The second-order valence-electron chi connectivity index (χ2n) is 4.72. The van der Waals surface area contributed by atoms with E-state index >= 15 is 0 Å². The van der Waals surface area contributed by atoms with Crippen LogP contribution in [0.15, 0.2) is 33.3 Å². The van der Waals surface area contributed by atoms with Crippen LogP contribution in [0.5, 0.6) is 0 Å². The van der Waals surface area contributed by atoms with Crippen molar-refractivity contribution < 1.29 is 4.42 Å². The fourth-order valence-electron chi connectivity index (χ4n) is 1.91. The molecule has 1 aliphatic carbocycles. The fraction of sp³-hybridized carbons (Fsp3) is 0.357. The molecule has 1 aromatic carbocycles. The van der Waals surface area contributed by atoms with Crippen LogP contribution in [-0.4, -0.2) is 17.6 Å². The number of hydrogen-bond donors (Lipinski definition) is 1. The molecule has 0 aliphatic heterocycles. The van der Waals surface area contributed by atoms with Crippen LogP contribution in [0.25, 0.3) is 11.3 Å². The van der Waals surface area contributed by atoms with Crippen molar-refractivity contribution in [3.8, 4) is 11.3 Å². The highest BCUT2D eigenvalue weighted by atomic mass is 79.9. The minimum absolute atomic E-state index is 0.698. The van der Waals surface area contributed by atoms with Crippen molar-refractivity contribution in [3.05, 3.63) is 39.8 Å². The molecule has 1 saturated carbocycles. The molecule has 0 amide bonds. The van der Waals surface area contributed by atoms with Gasteiger partial charge < -0.3 is 9.73 Å². The van der Waals surface area contributed by atoms with Crippen molar-refractivity contribution >= 4 is 27.5 Å². The second kappa shape index (κ2) is 5.65. The summed E-state index contributed by atoms with van der Waals surface area (Å²) in [6.07, 6.45) is 5.19. The molecule has 1 N–H and O–H groups in total. The van der Waals surface area contributed by atoms with E-state index in [0.717, 1.165) is 40.7 Å². The number of halogens is 2. The molecule has 1 fully saturated rings. The van der Waals surface area contributed by atoms with Crippen LogP contribution in [0.4, 0.5) is 0 Å². The summed E-state index contributed by atoms with van der Waals surface area (Å²) in [6.45, 7) is 0.923. The normalized spacial score (nSPS) is 14.8. The first-order valence-corrected chi connectivity index (χ1v) is 7.53. The van der Waals surface area contributed by atoms with Gasteiger partial charge in [0.25, 0.3) is 0 Å². The van der Waals surface area contributed by atoms with Gasteiger partial charge in [0.2, 0.25) is 0 Å². The van der Waals surface area contributed by atoms with Crippen molar-refractivity contribution in [1.82, 2.24) is 10.3 Å². The molecule has 1 aromatic heterocycles. The highest BCUT2D eigenvalue weighted by Crippen LogP contribution is 2.31. The van der Waals surface area contributed by atoms with Gasteiger partial charge in [-0.15, -0.1) is 0 Å². The zero-order chi connectivity index (χ0) is 13.2. The lowest BCUT2D eigenvalue weighted by atomic mass is 10.2. The molecular formula is C14H14BrClN2O. The summed E-state index contributed by atoms with van der Waals surface area (Å²) in [5.74, 6) is 1.54. The van der Waals surface area contributed by atoms with E-state index in [1.54, 1.807) is 6.20 Å². The number of nitrogens with one attached hydrogen (secondary N) is 1. The third-order valence-corrected chi connectivity index (χ3v) is 3.99. The van der Waals surface area contributed by atoms with Crippen LogP contribution >= 0.6 is 27.5 Å². The monoisotopic (exact) mass is 340 g/mol. The van der Waals surface area contributed by atoms with Crippen molar-refractivity contribution in [1.29, 1.82) is 0 Å². The van der Waals surface area contributed by atoms with Gasteiger partial charge in [0.1, 0.15) is 0 Å². The number of rotatable bonds is 5. The Kier molecular flexibility index (Phi) is 3.91. The van der Waals surface area contributed by atoms with Gasteiger partial charge in [-0.1, -0.05) is 11.6 Å². The van der Waals surface area contributed by atoms with Gasteiger partial charge in [-0.25, -0.2) is 4.98 Å². The molecule has 3 nitrogen and oxygen atoms in total. The Morgan fingerprint density at radius 1 is 1.42 bits per heavy atom. The average Bonchev–Trinajstić information content (AvgIpc) is 3.07. The number of benzene rings is 1. The highest BCUT2D eigenvalue weighted by molar-refractivity contribution is 9.10. The lowest BCUT2D eigenvalue weighted by molar-refractivity contribution is 0.494. The predicted molar refractivity (Wildman–Crippen MR) is 79.4 cm³/mol. The summed E-state index contributed by atoms with van der Waals surface area (Å²) in [7, 11) is 0. The van der Waals surface area contributed by atoms with Crippen molar-refractivity contribution in [2.24, 2.45) is 0 Å². The Morgan fingerprint density at radius 2 is 2.26 bits per heavy atom. The second-order valence-corrected chi connectivity index (χ2v) is 6.01. The SMILES string of the molecule is Clc1ccc(-c2cnc(CCNC3CC3)o2)c(Br)c1. The third-order valence-electron chi connectivity index (χ3n) is 3.10. The molecule has 0 bridgehead atoms. The molecule has 1 heterocycles. The van der Waals surface area contributed by atoms with Gasteiger partial charge in [0, 0.05) is 34.1 Å². The van der Waals surface area contributed by atoms with E-state index in [2.05, 4.69) is 26.2 Å². The Hall–Kier alpha value is -0.840. The van der Waals surface area contributed by atoms with Crippen LogP contribution in [0.2, 0.25) is 5.02 Å². The quantitative estimate of drug-likeness (QED) is 0.891. The topological polar surface area (TPSA) is 38.1 Å². The van der Waals surface area contributed by atoms with Gasteiger partial charge in [-0.3, -0.25) is 0 Å². The van der Waals surface area contributed by atoms with Crippen LogP contribution in [0, 0.1) is 0 Å². The third kappa shape index (κ3) is 3.38. The zero-order valence-corrected chi connectivity index (χ0v) is 12.7. The Bertz CT molecular complexity index is 581. The van der Waals surface area contributed by atoms with Crippen molar-refractivity contribution in [3.63, 3.8) is 0 Å². The predicted octanol–water partition coefficient (Wildman–Crippen LogP) is 4.05. The van der Waals surface area contributed by atoms with E-state index in [1.807, 2.05) is 18.2 Å². The van der Waals surface area contributed by atoms with Gasteiger partial charge >= 0.3 is 0 Å². The molecule has 0 atom stereocenters. The Balaban J connectivity index is 1.68. The van der Waals surface area contributed by atoms with E-state index in [9.17, 15) is 0 Å². The summed E-state index contributed by atoms with van der Waals surface area (Å²) in [4.78, 5) is 4.31.